The summed E-state index contributed by atoms with van der Waals surface area (Å²) in [5, 5.41) is 0.810. The highest BCUT2D eigenvalue weighted by molar-refractivity contribution is 6.31. The van der Waals surface area contributed by atoms with Gasteiger partial charge in [-0.1, -0.05) is 17.7 Å². The van der Waals surface area contributed by atoms with Gasteiger partial charge in [-0.3, -0.25) is 0 Å². The Balaban J connectivity index is 2.88. The van der Waals surface area contributed by atoms with E-state index >= 15 is 0 Å². The van der Waals surface area contributed by atoms with Crippen molar-refractivity contribution in [3.63, 3.8) is 0 Å². The fourth-order valence-electron chi connectivity index (χ4n) is 1.47. The lowest BCUT2D eigenvalue weighted by molar-refractivity contribution is 0.738. The van der Waals surface area contributed by atoms with E-state index < -0.39 is 0 Å². The van der Waals surface area contributed by atoms with Gasteiger partial charge in [-0.05, 0) is 38.0 Å². The standard InChI is InChI=1S/C12H19ClN2/c1-4-15(3)11-6-5-10(7-9(2)14)12(13)8-11/h5-6,8-9H,4,7,14H2,1-3H3. The molecule has 0 aliphatic carbocycles. The minimum Gasteiger partial charge on any atom is -0.375 e. The summed E-state index contributed by atoms with van der Waals surface area (Å²) in [5.74, 6) is 0. The summed E-state index contributed by atoms with van der Waals surface area (Å²) in [5.41, 5.74) is 8.02. The number of anilines is 1. The van der Waals surface area contributed by atoms with Gasteiger partial charge in [-0.15, -0.1) is 0 Å². The Morgan fingerprint density at radius 3 is 2.60 bits per heavy atom. The quantitative estimate of drug-likeness (QED) is 0.856. The fourth-order valence-corrected chi connectivity index (χ4v) is 1.72. The molecule has 3 heteroatoms. The molecule has 84 valence electrons. The maximum absolute atomic E-state index is 6.19. The predicted molar refractivity (Wildman–Crippen MR) is 67.7 cm³/mol. The number of hydrogen-bond donors (Lipinski definition) is 1. The molecule has 0 aliphatic rings. The van der Waals surface area contributed by atoms with Gasteiger partial charge in [0.05, 0.1) is 0 Å². The molecular weight excluding hydrogens is 208 g/mol. The molecule has 15 heavy (non-hydrogen) atoms. The van der Waals surface area contributed by atoms with E-state index in [0.717, 1.165) is 29.2 Å². The van der Waals surface area contributed by atoms with Crippen LogP contribution in [-0.4, -0.2) is 19.6 Å². The van der Waals surface area contributed by atoms with Crippen molar-refractivity contribution in [1.29, 1.82) is 0 Å². The van der Waals surface area contributed by atoms with Crippen LogP contribution >= 0.6 is 11.6 Å². The molecule has 1 atom stereocenters. The molecule has 0 fully saturated rings. The molecule has 1 aromatic carbocycles. The smallest absolute Gasteiger partial charge is 0.0459 e. The first-order valence-corrected chi connectivity index (χ1v) is 5.67. The van der Waals surface area contributed by atoms with Crippen molar-refractivity contribution in [3.8, 4) is 0 Å². The Morgan fingerprint density at radius 1 is 1.47 bits per heavy atom. The Hall–Kier alpha value is -0.730. The van der Waals surface area contributed by atoms with Crippen LogP contribution in [0.3, 0.4) is 0 Å². The molecule has 0 spiro atoms. The number of benzene rings is 1. The summed E-state index contributed by atoms with van der Waals surface area (Å²) in [7, 11) is 2.05. The number of rotatable bonds is 4. The molecule has 2 N–H and O–H groups in total. The van der Waals surface area contributed by atoms with Crippen LogP contribution in [0.4, 0.5) is 5.69 Å². The van der Waals surface area contributed by atoms with Crippen LogP contribution < -0.4 is 10.6 Å². The third-order valence-electron chi connectivity index (χ3n) is 2.49. The Bertz CT molecular complexity index is 323. The second-order valence-electron chi connectivity index (χ2n) is 3.97. The number of hydrogen-bond acceptors (Lipinski definition) is 2. The van der Waals surface area contributed by atoms with Gasteiger partial charge < -0.3 is 10.6 Å². The zero-order valence-corrected chi connectivity index (χ0v) is 10.4. The second kappa shape index (κ2) is 5.38. The number of nitrogens with two attached hydrogens (primary N) is 1. The highest BCUT2D eigenvalue weighted by Gasteiger charge is 2.06. The molecule has 2 nitrogen and oxygen atoms in total. The molecule has 0 saturated heterocycles. The predicted octanol–water partition coefficient (Wildman–Crippen LogP) is 2.69. The summed E-state index contributed by atoms with van der Waals surface area (Å²) in [6, 6.07) is 6.31. The summed E-state index contributed by atoms with van der Waals surface area (Å²) < 4.78 is 0. The van der Waals surface area contributed by atoms with E-state index in [-0.39, 0.29) is 6.04 Å². The van der Waals surface area contributed by atoms with Crippen molar-refractivity contribution >= 4 is 17.3 Å². The Labute approximate surface area is 97.0 Å². The molecule has 0 radical (unpaired) electrons. The zero-order chi connectivity index (χ0) is 11.4. The third kappa shape index (κ3) is 3.40. The first-order valence-electron chi connectivity index (χ1n) is 5.29. The first-order chi connectivity index (χ1) is 7.04. The molecule has 0 aromatic heterocycles. The Morgan fingerprint density at radius 2 is 2.13 bits per heavy atom. The molecule has 1 unspecified atom stereocenters. The highest BCUT2D eigenvalue weighted by Crippen LogP contribution is 2.23. The van der Waals surface area contributed by atoms with Gasteiger partial charge in [0.25, 0.3) is 0 Å². The SMILES string of the molecule is CCN(C)c1ccc(CC(C)N)c(Cl)c1. The van der Waals surface area contributed by atoms with Crippen molar-refractivity contribution in [3.05, 3.63) is 28.8 Å². The molecule has 1 rings (SSSR count). The zero-order valence-electron chi connectivity index (χ0n) is 9.63. The van der Waals surface area contributed by atoms with Crippen LogP contribution in [0.2, 0.25) is 5.02 Å². The van der Waals surface area contributed by atoms with E-state index in [0.29, 0.717) is 0 Å². The largest absolute Gasteiger partial charge is 0.375 e. The van der Waals surface area contributed by atoms with Gasteiger partial charge in [-0.25, -0.2) is 0 Å². The monoisotopic (exact) mass is 226 g/mol. The maximum Gasteiger partial charge on any atom is 0.0459 e. The van der Waals surface area contributed by atoms with Crippen molar-refractivity contribution in [2.75, 3.05) is 18.5 Å². The van der Waals surface area contributed by atoms with Crippen molar-refractivity contribution in [2.45, 2.75) is 26.3 Å². The third-order valence-corrected chi connectivity index (χ3v) is 2.85. The second-order valence-corrected chi connectivity index (χ2v) is 4.38. The van der Waals surface area contributed by atoms with Gasteiger partial charge >= 0.3 is 0 Å². The van der Waals surface area contributed by atoms with E-state index in [2.05, 4.69) is 31.0 Å². The lowest BCUT2D eigenvalue weighted by atomic mass is 10.1. The average molecular weight is 227 g/mol. The van der Waals surface area contributed by atoms with E-state index in [1.54, 1.807) is 0 Å². The highest BCUT2D eigenvalue weighted by atomic mass is 35.5. The lowest BCUT2D eigenvalue weighted by Gasteiger charge is -2.18. The molecule has 0 bridgehead atoms. The van der Waals surface area contributed by atoms with E-state index in [4.69, 9.17) is 17.3 Å². The molecular formula is C12H19ClN2. The summed E-state index contributed by atoms with van der Waals surface area (Å²) in [6.07, 6.45) is 0.828. The molecule has 0 heterocycles. The van der Waals surface area contributed by atoms with Crippen LogP contribution in [0.15, 0.2) is 18.2 Å². The van der Waals surface area contributed by atoms with Crippen molar-refractivity contribution < 1.29 is 0 Å². The van der Waals surface area contributed by atoms with Crippen LogP contribution in [-0.2, 0) is 6.42 Å². The molecule has 0 aliphatic heterocycles. The number of halogens is 1. The van der Waals surface area contributed by atoms with E-state index in [1.807, 2.05) is 13.0 Å². The lowest BCUT2D eigenvalue weighted by Crippen LogP contribution is -2.19. The number of nitrogens with zero attached hydrogens (tertiary/aromatic N) is 1. The van der Waals surface area contributed by atoms with E-state index in [9.17, 15) is 0 Å². The minimum atomic E-state index is 0.150. The first kappa shape index (κ1) is 12.3. The van der Waals surface area contributed by atoms with Gasteiger partial charge in [-0.2, -0.15) is 0 Å². The van der Waals surface area contributed by atoms with Gasteiger partial charge in [0.1, 0.15) is 0 Å². The molecule has 0 saturated carbocycles. The van der Waals surface area contributed by atoms with Crippen molar-refractivity contribution in [1.82, 2.24) is 0 Å². The minimum absolute atomic E-state index is 0.150. The topological polar surface area (TPSA) is 29.3 Å². The van der Waals surface area contributed by atoms with Crippen LogP contribution in [0.25, 0.3) is 0 Å². The van der Waals surface area contributed by atoms with Gasteiger partial charge in [0.2, 0.25) is 0 Å². The molecule has 1 aromatic rings. The summed E-state index contributed by atoms with van der Waals surface area (Å²) in [6.45, 7) is 5.08. The summed E-state index contributed by atoms with van der Waals surface area (Å²) in [4.78, 5) is 2.15. The molecule has 0 amide bonds. The fraction of sp³-hybridized carbons (Fsp3) is 0.500. The van der Waals surface area contributed by atoms with Gasteiger partial charge in [0.15, 0.2) is 0 Å². The van der Waals surface area contributed by atoms with Crippen LogP contribution in [0, 0.1) is 0 Å². The average Bonchev–Trinajstić information content (AvgIpc) is 2.19. The normalized spacial score (nSPS) is 12.6. The van der Waals surface area contributed by atoms with Crippen LogP contribution in [0.5, 0.6) is 0 Å². The van der Waals surface area contributed by atoms with Gasteiger partial charge in [0, 0.05) is 30.3 Å². The summed E-state index contributed by atoms with van der Waals surface area (Å²) >= 11 is 6.19. The Kier molecular flexibility index (Phi) is 4.43. The van der Waals surface area contributed by atoms with E-state index in [1.165, 1.54) is 0 Å². The maximum atomic E-state index is 6.19. The van der Waals surface area contributed by atoms with Crippen LogP contribution in [0.1, 0.15) is 19.4 Å². The van der Waals surface area contributed by atoms with Crippen molar-refractivity contribution in [2.24, 2.45) is 5.73 Å².